The summed E-state index contributed by atoms with van der Waals surface area (Å²) in [4.78, 5) is 15.4. The minimum absolute atomic E-state index is 0.346. The van der Waals surface area contributed by atoms with Gasteiger partial charge in [-0.15, -0.1) is 0 Å². The molecule has 9 nitrogen and oxygen atoms in total. The van der Waals surface area contributed by atoms with Gasteiger partial charge in [0.1, 0.15) is 41.3 Å². The van der Waals surface area contributed by atoms with E-state index in [2.05, 4.69) is 31.2 Å². The van der Waals surface area contributed by atoms with Gasteiger partial charge >= 0.3 is 0 Å². The predicted molar refractivity (Wildman–Crippen MR) is 130 cm³/mol. The fourth-order valence-corrected chi connectivity index (χ4v) is 4.27. The SMILES string of the molecule is COc1ccc(F)c2c1cc(C#N)n2CCNc1cc(-c2ccnc(N3CCOCC3)c2)ncn1. The lowest BCUT2D eigenvalue weighted by Gasteiger charge is -2.27. The number of hydrogen-bond donors (Lipinski definition) is 1. The molecule has 0 saturated carbocycles. The van der Waals surface area contributed by atoms with Crippen molar-refractivity contribution in [3.8, 4) is 23.1 Å². The summed E-state index contributed by atoms with van der Waals surface area (Å²) in [5.41, 5.74) is 2.41. The third kappa shape index (κ3) is 4.58. The van der Waals surface area contributed by atoms with E-state index in [4.69, 9.17) is 9.47 Å². The van der Waals surface area contributed by atoms with E-state index in [0.29, 0.717) is 54.5 Å². The number of pyridine rings is 1. The van der Waals surface area contributed by atoms with Gasteiger partial charge in [-0.05, 0) is 30.3 Å². The van der Waals surface area contributed by atoms with E-state index in [1.54, 1.807) is 22.9 Å². The molecule has 1 aliphatic heterocycles. The van der Waals surface area contributed by atoms with Gasteiger partial charge in [0.25, 0.3) is 0 Å². The van der Waals surface area contributed by atoms with Gasteiger partial charge in [0.2, 0.25) is 0 Å². The molecule has 0 bridgehead atoms. The molecule has 0 atom stereocenters. The molecule has 1 aromatic carbocycles. The molecule has 4 aromatic rings. The molecule has 1 saturated heterocycles. The number of morpholine rings is 1. The second kappa shape index (κ2) is 9.95. The van der Waals surface area contributed by atoms with Gasteiger partial charge in [0.05, 0.1) is 31.5 Å². The molecule has 0 radical (unpaired) electrons. The Labute approximate surface area is 201 Å². The van der Waals surface area contributed by atoms with E-state index in [9.17, 15) is 9.65 Å². The van der Waals surface area contributed by atoms with Crippen LogP contribution < -0.4 is 15.0 Å². The van der Waals surface area contributed by atoms with Crippen molar-refractivity contribution < 1.29 is 13.9 Å². The summed E-state index contributed by atoms with van der Waals surface area (Å²) in [6.07, 6.45) is 3.28. The van der Waals surface area contributed by atoms with Crippen LogP contribution in [0.3, 0.4) is 0 Å². The lowest BCUT2D eigenvalue weighted by Crippen LogP contribution is -2.36. The number of rotatable bonds is 7. The van der Waals surface area contributed by atoms with Crippen molar-refractivity contribution in [2.24, 2.45) is 0 Å². The van der Waals surface area contributed by atoms with Gasteiger partial charge in [-0.25, -0.2) is 19.3 Å². The Morgan fingerprint density at radius 2 is 2.00 bits per heavy atom. The van der Waals surface area contributed by atoms with E-state index < -0.39 is 5.82 Å². The van der Waals surface area contributed by atoms with Crippen LogP contribution >= 0.6 is 0 Å². The summed E-state index contributed by atoms with van der Waals surface area (Å²) in [7, 11) is 1.52. The summed E-state index contributed by atoms with van der Waals surface area (Å²) in [5, 5.41) is 13.4. The number of aromatic nitrogens is 4. The van der Waals surface area contributed by atoms with Crippen molar-refractivity contribution in [3.63, 3.8) is 0 Å². The predicted octanol–water partition coefficient (Wildman–Crippen LogP) is 3.46. The third-order valence-corrected chi connectivity index (χ3v) is 5.99. The molecule has 10 heteroatoms. The number of hydrogen-bond acceptors (Lipinski definition) is 8. The van der Waals surface area contributed by atoms with E-state index in [-0.39, 0.29) is 0 Å². The molecule has 0 unspecified atom stereocenters. The minimum atomic E-state index is -0.402. The van der Waals surface area contributed by atoms with Crippen LogP contribution in [0.25, 0.3) is 22.2 Å². The first-order valence-electron chi connectivity index (χ1n) is 11.3. The van der Waals surface area contributed by atoms with Crippen LogP contribution in [0.2, 0.25) is 0 Å². The standard InChI is InChI=1S/C25H24FN7O2/c1-34-22-3-2-20(26)25-19(22)13-18(15-27)33(25)7-6-28-23-14-21(30-16-31-23)17-4-5-29-24(12-17)32-8-10-35-11-9-32/h2-5,12-14,16H,6-11H2,1H3,(H,28,30,31). The van der Waals surface area contributed by atoms with E-state index in [1.807, 2.05) is 18.2 Å². The van der Waals surface area contributed by atoms with Crippen LogP contribution in [0.4, 0.5) is 16.0 Å². The highest BCUT2D eigenvalue weighted by molar-refractivity contribution is 5.88. The molecular weight excluding hydrogens is 449 g/mol. The first-order chi connectivity index (χ1) is 17.2. The average molecular weight is 474 g/mol. The molecule has 1 fully saturated rings. The average Bonchev–Trinajstić information content (AvgIpc) is 3.29. The topological polar surface area (TPSA) is 101 Å². The number of fused-ring (bicyclic) bond motifs is 1. The van der Waals surface area contributed by atoms with E-state index in [1.165, 1.54) is 19.5 Å². The first-order valence-corrected chi connectivity index (χ1v) is 11.3. The zero-order valence-electron chi connectivity index (χ0n) is 19.2. The molecule has 0 amide bonds. The second-order valence-corrected chi connectivity index (χ2v) is 8.02. The van der Waals surface area contributed by atoms with Crippen molar-refractivity contribution in [3.05, 3.63) is 60.4 Å². The number of halogens is 1. The highest BCUT2D eigenvalue weighted by Crippen LogP contribution is 2.31. The molecule has 5 rings (SSSR count). The lowest BCUT2D eigenvalue weighted by molar-refractivity contribution is 0.122. The third-order valence-electron chi connectivity index (χ3n) is 5.99. The quantitative estimate of drug-likeness (QED) is 0.436. The van der Waals surface area contributed by atoms with Crippen LogP contribution in [0.1, 0.15) is 5.69 Å². The van der Waals surface area contributed by atoms with Gasteiger partial charge in [-0.1, -0.05) is 0 Å². The zero-order valence-corrected chi connectivity index (χ0v) is 19.2. The zero-order chi connectivity index (χ0) is 24.2. The smallest absolute Gasteiger partial charge is 0.147 e. The second-order valence-electron chi connectivity index (χ2n) is 8.02. The van der Waals surface area contributed by atoms with Crippen molar-refractivity contribution >= 4 is 22.5 Å². The summed E-state index contributed by atoms with van der Waals surface area (Å²) < 4.78 is 27.0. The fraction of sp³-hybridized carbons (Fsp3) is 0.280. The minimum Gasteiger partial charge on any atom is -0.496 e. The van der Waals surface area contributed by atoms with Crippen molar-refractivity contribution in [1.29, 1.82) is 5.26 Å². The van der Waals surface area contributed by atoms with Crippen LogP contribution in [0, 0.1) is 17.1 Å². The monoisotopic (exact) mass is 473 g/mol. The number of benzene rings is 1. The maximum atomic E-state index is 14.6. The highest BCUT2D eigenvalue weighted by Gasteiger charge is 2.17. The van der Waals surface area contributed by atoms with Gasteiger partial charge in [-0.2, -0.15) is 5.26 Å². The Hall–Kier alpha value is -4.23. The molecule has 178 valence electrons. The molecule has 0 aliphatic carbocycles. The first kappa shape index (κ1) is 22.6. The number of anilines is 2. The van der Waals surface area contributed by atoms with Crippen molar-refractivity contribution in [2.75, 3.05) is 50.2 Å². The normalized spacial score (nSPS) is 13.6. The number of nitrogens with one attached hydrogen (secondary N) is 1. The van der Waals surface area contributed by atoms with Gasteiger partial charge in [0.15, 0.2) is 0 Å². The van der Waals surface area contributed by atoms with Crippen molar-refractivity contribution in [2.45, 2.75) is 6.54 Å². The summed E-state index contributed by atoms with van der Waals surface area (Å²) >= 11 is 0. The van der Waals surface area contributed by atoms with E-state index in [0.717, 1.165) is 30.2 Å². The molecule has 3 aromatic heterocycles. The molecule has 1 N–H and O–H groups in total. The molecular formula is C25H24FN7O2. The van der Waals surface area contributed by atoms with Gasteiger partial charge < -0.3 is 24.3 Å². The Kier molecular flexibility index (Phi) is 6.41. The number of methoxy groups -OCH3 is 1. The lowest BCUT2D eigenvalue weighted by atomic mass is 10.2. The summed E-state index contributed by atoms with van der Waals surface area (Å²) in [6.45, 7) is 3.78. The molecule has 4 heterocycles. The maximum absolute atomic E-state index is 14.6. The number of nitriles is 1. The Morgan fingerprint density at radius 3 is 2.80 bits per heavy atom. The van der Waals surface area contributed by atoms with Crippen LogP contribution in [-0.4, -0.2) is 59.5 Å². The van der Waals surface area contributed by atoms with Gasteiger partial charge in [0, 0.05) is 49.4 Å². The molecule has 0 spiro atoms. The number of nitrogens with zero attached hydrogens (tertiary/aromatic N) is 6. The number of ether oxygens (including phenoxy) is 2. The van der Waals surface area contributed by atoms with Crippen molar-refractivity contribution in [1.82, 2.24) is 19.5 Å². The van der Waals surface area contributed by atoms with Crippen LogP contribution in [0.5, 0.6) is 5.75 Å². The summed E-state index contributed by atoms with van der Waals surface area (Å²) in [6, 6.07) is 12.5. The highest BCUT2D eigenvalue weighted by atomic mass is 19.1. The molecule has 35 heavy (non-hydrogen) atoms. The van der Waals surface area contributed by atoms with Crippen LogP contribution in [-0.2, 0) is 11.3 Å². The maximum Gasteiger partial charge on any atom is 0.147 e. The Balaban J connectivity index is 1.33. The summed E-state index contributed by atoms with van der Waals surface area (Å²) in [5.74, 6) is 1.65. The van der Waals surface area contributed by atoms with Gasteiger partial charge in [-0.3, -0.25) is 0 Å². The molecule has 1 aliphatic rings. The Bertz CT molecular complexity index is 1390. The Morgan fingerprint density at radius 1 is 1.14 bits per heavy atom. The fourth-order valence-electron chi connectivity index (χ4n) is 4.27. The van der Waals surface area contributed by atoms with E-state index >= 15 is 0 Å². The largest absolute Gasteiger partial charge is 0.496 e. The van der Waals surface area contributed by atoms with Crippen LogP contribution in [0.15, 0.2) is 48.9 Å².